The van der Waals surface area contributed by atoms with Crippen LogP contribution >= 0.6 is 0 Å². The number of carbonyl (C=O) groups excluding carboxylic acids is 1. The van der Waals surface area contributed by atoms with Crippen LogP contribution < -0.4 is 10.1 Å². The van der Waals surface area contributed by atoms with E-state index in [0.29, 0.717) is 29.2 Å². The first kappa shape index (κ1) is 20.0. The van der Waals surface area contributed by atoms with Crippen molar-refractivity contribution < 1.29 is 14.3 Å². The summed E-state index contributed by atoms with van der Waals surface area (Å²) in [4.78, 5) is 12.7. The van der Waals surface area contributed by atoms with Gasteiger partial charge in [0.1, 0.15) is 23.7 Å². The molecule has 2 heterocycles. The van der Waals surface area contributed by atoms with E-state index in [2.05, 4.69) is 22.0 Å². The number of nitrogens with one attached hydrogen (secondary N) is 1. The van der Waals surface area contributed by atoms with Gasteiger partial charge in [-0.15, -0.1) is 0 Å². The van der Waals surface area contributed by atoms with E-state index in [-0.39, 0.29) is 18.6 Å². The molecule has 4 rings (SSSR count). The number of hydrogen-bond donors (Lipinski definition) is 1. The molecule has 1 saturated heterocycles. The Hall–Kier alpha value is -3.29. The number of benzene rings is 1. The van der Waals surface area contributed by atoms with E-state index in [1.165, 1.54) is 0 Å². The Morgan fingerprint density at radius 1 is 1.20 bits per heavy atom. The summed E-state index contributed by atoms with van der Waals surface area (Å²) in [6.45, 7) is 1.16. The van der Waals surface area contributed by atoms with Crippen molar-refractivity contribution in [3.05, 3.63) is 46.6 Å². The van der Waals surface area contributed by atoms with Crippen molar-refractivity contribution in [2.45, 2.75) is 51.2 Å². The largest absolute Gasteiger partial charge is 0.482 e. The average molecular weight is 404 g/mol. The van der Waals surface area contributed by atoms with Gasteiger partial charge in [-0.05, 0) is 56.2 Å². The van der Waals surface area contributed by atoms with Gasteiger partial charge in [-0.25, -0.2) is 0 Å². The lowest BCUT2D eigenvalue weighted by Gasteiger charge is -2.20. The Labute approximate surface area is 175 Å². The van der Waals surface area contributed by atoms with Crippen LogP contribution in [0.15, 0.2) is 24.3 Å². The van der Waals surface area contributed by atoms with Gasteiger partial charge < -0.3 is 19.4 Å². The SMILES string of the molecule is N#Cc1ccccc1OCC(=O)Nc1c(C#N)c2c(n1C[C@H]1CCCO1)CCCC2. The van der Waals surface area contributed by atoms with Crippen LogP contribution in [0.4, 0.5) is 5.82 Å². The first-order valence-corrected chi connectivity index (χ1v) is 10.4. The van der Waals surface area contributed by atoms with Crippen molar-refractivity contribution in [1.82, 2.24) is 4.57 Å². The molecule has 1 aromatic carbocycles. The first-order valence-electron chi connectivity index (χ1n) is 10.4. The van der Waals surface area contributed by atoms with Crippen molar-refractivity contribution >= 4 is 11.7 Å². The molecule has 2 aliphatic rings. The highest BCUT2D eigenvalue weighted by atomic mass is 16.5. The first-order chi connectivity index (χ1) is 14.7. The molecular formula is C23H24N4O3. The molecule has 0 radical (unpaired) electrons. The fraction of sp³-hybridized carbons (Fsp3) is 0.435. The highest BCUT2D eigenvalue weighted by Gasteiger charge is 2.28. The van der Waals surface area contributed by atoms with Crippen LogP contribution in [0.3, 0.4) is 0 Å². The number of carbonyl (C=O) groups is 1. The second kappa shape index (κ2) is 9.02. The maximum absolute atomic E-state index is 12.7. The fourth-order valence-electron chi connectivity index (χ4n) is 4.31. The van der Waals surface area contributed by atoms with Crippen LogP contribution in [0.5, 0.6) is 5.75 Å². The molecule has 1 N–H and O–H groups in total. The Morgan fingerprint density at radius 2 is 2.03 bits per heavy atom. The van der Waals surface area contributed by atoms with E-state index in [9.17, 15) is 15.3 Å². The molecule has 30 heavy (non-hydrogen) atoms. The maximum Gasteiger partial charge on any atom is 0.263 e. The highest BCUT2D eigenvalue weighted by Crippen LogP contribution is 2.34. The number of hydrogen-bond acceptors (Lipinski definition) is 5. The molecule has 7 heteroatoms. The van der Waals surface area contributed by atoms with Crippen molar-refractivity contribution in [3.8, 4) is 17.9 Å². The highest BCUT2D eigenvalue weighted by molar-refractivity contribution is 5.93. The minimum Gasteiger partial charge on any atom is -0.482 e. The van der Waals surface area contributed by atoms with Crippen LogP contribution in [0.1, 0.15) is 48.1 Å². The van der Waals surface area contributed by atoms with Crippen molar-refractivity contribution in [2.75, 3.05) is 18.5 Å². The topological polar surface area (TPSA) is 100 Å². The summed E-state index contributed by atoms with van der Waals surface area (Å²) >= 11 is 0. The van der Waals surface area contributed by atoms with E-state index in [1.54, 1.807) is 24.3 Å². The molecule has 2 aromatic rings. The van der Waals surface area contributed by atoms with E-state index in [1.807, 2.05) is 0 Å². The zero-order valence-corrected chi connectivity index (χ0v) is 16.8. The molecule has 0 saturated carbocycles. The van der Waals surface area contributed by atoms with Crippen LogP contribution in [0.2, 0.25) is 0 Å². The molecule has 1 aliphatic carbocycles. The number of rotatable bonds is 6. The van der Waals surface area contributed by atoms with E-state index < -0.39 is 0 Å². The summed E-state index contributed by atoms with van der Waals surface area (Å²) in [6, 6.07) is 11.2. The summed E-state index contributed by atoms with van der Waals surface area (Å²) in [5, 5.41) is 21.9. The van der Waals surface area contributed by atoms with Crippen LogP contribution in [0, 0.1) is 22.7 Å². The molecule has 0 bridgehead atoms. The van der Waals surface area contributed by atoms with Gasteiger partial charge in [-0.3, -0.25) is 4.79 Å². The second-order valence-electron chi connectivity index (χ2n) is 7.66. The van der Waals surface area contributed by atoms with Crippen molar-refractivity contribution in [1.29, 1.82) is 10.5 Å². The summed E-state index contributed by atoms with van der Waals surface area (Å²) in [5.41, 5.74) is 3.11. The van der Waals surface area contributed by atoms with Gasteiger partial charge in [-0.2, -0.15) is 10.5 Å². The predicted molar refractivity (Wildman–Crippen MR) is 110 cm³/mol. The Kier molecular flexibility index (Phi) is 6.02. The number of aromatic nitrogens is 1. The van der Waals surface area contributed by atoms with Gasteiger partial charge in [0.05, 0.1) is 23.8 Å². The summed E-state index contributed by atoms with van der Waals surface area (Å²) in [5.74, 6) is 0.550. The zero-order valence-electron chi connectivity index (χ0n) is 16.8. The smallest absolute Gasteiger partial charge is 0.263 e. The number of nitrogens with zero attached hydrogens (tertiary/aromatic N) is 3. The van der Waals surface area contributed by atoms with Crippen molar-refractivity contribution in [2.24, 2.45) is 0 Å². The van der Waals surface area contributed by atoms with Gasteiger partial charge in [-0.1, -0.05) is 12.1 Å². The summed E-state index contributed by atoms with van der Waals surface area (Å²) < 4.78 is 13.4. The minimum atomic E-state index is -0.359. The number of para-hydroxylation sites is 1. The number of amides is 1. The van der Waals surface area contributed by atoms with Gasteiger partial charge >= 0.3 is 0 Å². The molecule has 7 nitrogen and oxygen atoms in total. The molecule has 1 aromatic heterocycles. The van der Waals surface area contributed by atoms with Gasteiger partial charge in [0.15, 0.2) is 6.61 Å². The molecule has 1 amide bonds. The standard InChI is InChI=1S/C23H24N4O3/c24-12-16-6-1-4-10-21(16)30-15-22(28)26-23-19(13-25)18-8-2-3-9-20(18)27(23)14-17-7-5-11-29-17/h1,4,6,10,17H,2-3,5,7-9,11,14-15H2,(H,26,28)/t17-/m1/s1. The molecule has 0 unspecified atom stereocenters. The quantitative estimate of drug-likeness (QED) is 0.796. The molecule has 154 valence electrons. The number of fused-ring (bicyclic) bond motifs is 1. The van der Waals surface area contributed by atoms with Crippen molar-refractivity contribution in [3.63, 3.8) is 0 Å². The fourth-order valence-corrected chi connectivity index (χ4v) is 4.31. The molecule has 1 fully saturated rings. The lowest BCUT2D eigenvalue weighted by Crippen LogP contribution is -2.25. The van der Waals surface area contributed by atoms with Gasteiger partial charge in [0.25, 0.3) is 5.91 Å². The monoisotopic (exact) mass is 404 g/mol. The lowest BCUT2D eigenvalue weighted by molar-refractivity contribution is -0.118. The van der Waals surface area contributed by atoms with Crippen LogP contribution in [-0.4, -0.2) is 29.8 Å². The predicted octanol–water partition coefficient (Wildman–Crippen LogP) is 3.31. The third-order valence-corrected chi connectivity index (χ3v) is 5.72. The molecule has 1 atom stereocenters. The normalized spacial score (nSPS) is 17.6. The lowest BCUT2D eigenvalue weighted by atomic mass is 9.95. The van der Waals surface area contributed by atoms with Crippen LogP contribution in [0.25, 0.3) is 0 Å². The molecular weight excluding hydrogens is 380 g/mol. The maximum atomic E-state index is 12.7. The van der Waals surface area contributed by atoms with E-state index >= 15 is 0 Å². The van der Waals surface area contributed by atoms with E-state index in [0.717, 1.165) is 56.4 Å². The number of anilines is 1. The van der Waals surface area contributed by atoms with Crippen LogP contribution in [-0.2, 0) is 28.9 Å². The Morgan fingerprint density at radius 3 is 2.80 bits per heavy atom. The molecule has 1 aliphatic heterocycles. The zero-order chi connectivity index (χ0) is 20.9. The summed E-state index contributed by atoms with van der Waals surface area (Å²) in [6.07, 6.45) is 6.00. The number of nitriles is 2. The minimum absolute atomic E-state index is 0.101. The average Bonchev–Trinajstić information content (AvgIpc) is 3.39. The third-order valence-electron chi connectivity index (χ3n) is 5.72. The summed E-state index contributed by atoms with van der Waals surface area (Å²) in [7, 11) is 0. The second-order valence-corrected chi connectivity index (χ2v) is 7.66. The Bertz CT molecular complexity index is 1020. The molecule has 0 spiro atoms. The third kappa shape index (κ3) is 4.03. The van der Waals surface area contributed by atoms with Gasteiger partial charge in [0.2, 0.25) is 0 Å². The number of ether oxygens (including phenoxy) is 2. The van der Waals surface area contributed by atoms with E-state index in [4.69, 9.17) is 9.47 Å². The van der Waals surface area contributed by atoms with Gasteiger partial charge in [0, 0.05) is 12.3 Å². The Balaban J connectivity index is 1.56.